The van der Waals surface area contributed by atoms with Gasteiger partial charge >= 0.3 is 0 Å². The van der Waals surface area contributed by atoms with E-state index in [1.54, 1.807) is 6.07 Å². The molecule has 100 valence electrons. The molecule has 1 aromatic rings. The molecule has 3 nitrogen and oxygen atoms in total. The molecule has 1 atom stereocenters. The minimum Gasteiger partial charge on any atom is -0.494 e. The molecule has 0 bridgehead atoms. The van der Waals surface area contributed by atoms with Crippen molar-refractivity contribution >= 4 is 0 Å². The fraction of sp³-hybridized carbons (Fsp3) is 0.571. The van der Waals surface area contributed by atoms with E-state index in [0.29, 0.717) is 24.3 Å². The van der Waals surface area contributed by atoms with Crippen molar-refractivity contribution in [3.63, 3.8) is 0 Å². The molecule has 1 unspecified atom stereocenters. The van der Waals surface area contributed by atoms with Crippen LogP contribution in [0.5, 0.6) is 5.75 Å². The minimum absolute atomic E-state index is 0.00194. The van der Waals surface area contributed by atoms with E-state index in [1.165, 1.54) is 7.11 Å². The Kier molecular flexibility index (Phi) is 4.19. The summed E-state index contributed by atoms with van der Waals surface area (Å²) in [6.45, 7) is 2.28. The number of hydrogen-bond donors (Lipinski definition) is 1. The van der Waals surface area contributed by atoms with E-state index in [2.05, 4.69) is 5.32 Å². The van der Waals surface area contributed by atoms with Gasteiger partial charge in [0.25, 0.3) is 0 Å². The van der Waals surface area contributed by atoms with Crippen molar-refractivity contribution in [3.05, 3.63) is 29.6 Å². The van der Waals surface area contributed by atoms with E-state index in [-0.39, 0.29) is 11.2 Å². The third-order valence-corrected chi connectivity index (χ3v) is 3.57. The molecule has 0 aliphatic carbocycles. The molecule has 1 aliphatic rings. The molecule has 1 aromatic carbocycles. The molecule has 0 radical (unpaired) electrons. The average Bonchev–Trinajstić information content (AvgIpc) is 2.81. The van der Waals surface area contributed by atoms with Crippen molar-refractivity contribution in [2.45, 2.75) is 12.8 Å². The molecule has 0 saturated carbocycles. The highest BCUT2D eigenvalue weighted by molar-refractivity contribution is 5.32. The van der Waals surface area contributed by atoms with Gasteiger partial charge in [-0.1, -0.05) is 12.1 Å². The van der Waals surface area contributed by atoms with Crippen molar-refractivity contribution in [2.75, 3.05) is 33.9 Å². The van der Waals surface area contributed by atoms with E-state index in [1.807, 2.05) is 19.2 Å². The fourth-order valence-electron chi connectivity index (χ4n) is 2.62. The Labute approximate surface area is 107 Å². The minimum atomic E-state index is -0.248. The normalized spacial score (nSPS) is 23.3. The highest BCUT2D eigenvalue weighted by Crippen LogP contribution is 2.34. The first-order valence-corrected chi connectivity index (χ1v) is 6.24. The number of ether oxygens (including phenoxy) is 2. The first-order chi connectivity index (χ1) is 8.71. The summed E-state index contributed by atoms with van der Waals surface area (Å²) >= 11 is 0. The molecule has 0 spiro atoms. The van der Waals surface area contributed by atoms with Gasteiger partial charge in [0.05, 0.1) is 13.7 Å². The first-order valence-electron chi connectivity index (χ1n) is 6.24. The highest BCUT2D eigenvalue weighted by atomic mass is 19.1. The number of benzene rings is 1. The largest absolute Gasteiger partial charge is 0.494 e. The van der Waals surface area contributed by atoms with Crippen LogP contribution < -0.4 is 10.1 Å². The van der Waals surface area contributed by atoms with Crippen LogP contribution in [0.3, 0.4) is 0 Å². The average molecular weight is 253 g/mol. The Balaban J connectivity index is 2.21. The van der Waals surface area contributed by atoms with Gasteiger partial charge in [0.2, 0.25) is 0 Å². The second-order valence-corrected chi connectivity index (χ2v) is 4.94. The van der Waals surface area contributed by atoms with Crippen molar-refractivity contribution in [2.24, 2.45) is 5.41 Å². The third-order valence-electron chi connectivity index (χ3n) is 3.57. The van der Waals surface area contributed by atoms with E-state index in [0.717, 1.165) is 19.6 Å². The SMILES string of the molecule is CNCC1(Cc2cccc(OC)c2F)CCOC1. The zero-order chi connectivity index (χ0) is 13.0. The second-order valence-electron chi connectivity index (χ2n) is 4.94. The number of halogens is 1. The van der Waals surface area contributed by atoms with Crippen molar-refractivity contribution < 1.29 is 13.9 Å². The maximum absolute atomic E-state index is 14.2. The van der Waals surface area contributed by atoms with Gasteiger partial charge in [0.15, 0.2) is 11.6 Å². The van der Waals surface area contributed by atoms with Gasteiger partial charge in [0, 0.05) is 18.6 Å². The Morgan fingerprint density at radius 1 is 1.50 bits per heavy atom. The molecule has 1 saturated heterocycles. The molecule has 1 N–H and O–H groups in total. The summed E-state index contributed by atoms with van der Waals surface area (Å²) in [5, 5.41) is 3.19. The van der Waals surface area contributed by atoms with Gasteiger partial charge in [-0.25, -0.2) is 4.39 Å². The van der Waals surface area contributed by atoms with Crippen LogP contribution in [0.2, 0.25) is 0 Å². The molecule has 1 fully saturated rings. The lowest BCUT2D eigenvalue weighted by Gasteiger charge is -2.27. The number of methoxy groups -OCH3 is 1. The fourth-order valence-corrected chi connectivity index (χ4v) is 2.62. The maximum atomic E-state index is 14.2. The number of hydrogen-bond acceptors (Lipinski definition) is 3. The van der Waals surface area contributed by atoms with Crippen LogP contribution in [-0.2, 0) is 11.2 Å². The molecule has 1 heterocycles. The van der Waals surface area contributed by atoms with Gasteiger partial charge < -0.3 is 14.8 Å². The summed E-state index contributed by atoms with van der Waals surface area (Å²) in [5.41, 5.74) is 0.706. The van der Waals surface area contributed by atoms with Crippen LogP contribution in [0.4, 0.5) is 4.39 Å². The number of rotatable bonds is 5. The van der Waals surface area contributed by atoms with Crippen LogP contribution in [0, 0.1) is 11.2 Å². The van der Waals surface area contributed by atoms with Crippen LogP contribution in [0.1, 0.15) is 12.0 Å². The molecular weight excluding hydrogens is 233 g/mol. The third kappa shape index (κ3) is 2.65. The summed E-state index contributed by atoms with van der Waals surface area (Å²) in [5.74, 6) is 0.0633. The van der Waals surface area contributed by atoms with Gasteiger partial charge in [0.1, 0.15) is 0 Å². The van der Waals surface area contributed by atoms with Crippen LogP contribution >= 0.6 is 0 Å². The van der Waals surface area contributed by atoms with Gasteiger partial charge in [-0.15, -0.1) is 0 Å². The highest BCUT2D eigenvalue weighted by Gasteiger charge is 2.35. The van der Waals surface area contributed by atoms with E-state index in [4.69, 9.17) is 9.47 Å². The summed E-state index contributed by atoms with van der Waals surface area (Å²) in [6.07, 6.45) is 1.64. The quantitative estimate of drug-likeness (QED) is 0.870. The maximum Gasteiger partial charge on any atom is 0.168 e. The van der Waals surface area contributed by atoms with E-state index >= 15 is 0 Å². The lowest BCUT2D eigenvalue weighted by molar-refractivity contribution is 0.150. The van der Waals surface area contributed by atoms with Crippen LogP contribution in [-0.4, -0.2) is 33.9 Å². The zero-order valence-electron chi connectivity index (χ0n) is 11.0. The van der Waals surface area contributed by atoms with E-state index < -0.39 is 0 Å². The topological polar surface area (TPSA) is 30.5 Å². The smallest absolute Gasteiger partial charge is 0.168 e. The lowest BCUT2D eigenvalue weighted by atomic mass is 9.80. The summed E-state index contributed by atoms with van der Waals surface area (Å²) in [4.78, 5) is 0. The summed E-state index contributed by atoms with van der Waals surface area (Å²) in [6, 6.07) is 5.31. The molecule has 0 amide bonds. The van der Waals surface area contributed by atoms with Crippen LogP contribution in [0.25, 0.3) is 0 Å². The Bertz CT molecular complexity index is 403. The second kappa shape index (κ2) is 5.67. The Morgan fingerprint density at radius 3 is 2.94 bits per heavy atom. The Hall–Kier alpha value is -1.13. The standard InChI is InChI=1S/C14H20FNO2/c1-16-9-14(6-7-18-10-14)8-11-4-3-5-12(17-2)13(11)15/h3-5,16H,6-10H2,1-2H3. The molecular formula is C14H20FNO2. The monoisotopic (exact) mass is 253 g/mol. The Morgan fingerprint density at radius 2 is 2.33 bits per heavy atom. The lowest BCUT2D eigenvalue weighted by Crippen LogP contribution is -2.35. The molecule has 1 aliphatic heterocycles. The first kappa shape index (κ1) is 13.3. The van der Waals surface area contributed by atoms with Crippen molar-refractivity contribution in [1.29, 1.82) is 0 Å². The molecule has 18 heavy (non-hydrogen) atoms. The van der Waals surface area contributed by atoms with Gasteiger partial charge in [-0.05, 0) is 31.5 Å². The van der Waals surface area contributed by atoms with E-state index in [9.17, 15) is 4.39 Å². The van der Waals surface area contributed by atoms with Gasteiger partial charge in [-0.2, -0.15) is 0 Å². The number of nitrogens with one attached hydrogen (secondary N) is 1. The predicted octanol–water partition coefficient (Wildman–Crippen LogP) is 2.00. The zero-order valence-corrected chi connectivity index (χ0v) is 11.0. The van der Waals surface area contributed by atoms with Crippen molar-refractivity contribution in [1.82, 2.24) is 5.32 Å². The molecule has 0 aromatic heterocycles. The van der Waals surface area contributed by atoms with Crippen LogP contribution in [0.15, 0.2) is 18.2 Å². The summed E-state index contributed by atoms with van der Waals surface area (Å²) < 4.78 is 24.7. The van der Waals surface area contributed by atoms with Crippen molar-refractivity contribution in [3.8, 4) is 5.75 Å². The van der Waals surface area contributed by atoms with Gasteiger partial charge in [-0.3, -0.25) is 0 Å². The summed E-state index contributed by atoms with van der Waals surface area (Å²) in [7, 11) is 3.41. The molecule has 2 rings (SSSR count). The molecule has 4 heteroatoms. The predicted molar refractivity (Wildman–Crippen MR) is 68.5 cm³/mol.